The minimum atomic E-state index is -0.995. The molecule has 1 fully saturated rings. The maximum Gasteiger partial charge on any atom is 0.253 e. The van der Waals surface area contributed by atoms with Gasteiger partial charge in [0.05, 0.1) is 0 Å². The fourth-order valence-corrected chi connectivity index (χ4v) is 3.50. The highest BCUT2D eigenvalue weighted by atomic mass is 32.2. The van der Waals surface area contributed by atoms with Gasteiger partial charge in [-0.1, -0.05) is 32.1 Å². The molecule has 0 radical (unpaired) electrons. The van der Waals surface area contributed by atoms with Gasteiger partial charge in [-0.25, -0.2) is 0 Å². The summed E-state index contributed by atoms with van der Waals surface area (Å²) in [5.41, 5.74) is 0.689. The molecule has 0 heterocycles. The summed E-state index contributed by atoms with van der Waals surface area (Å²) in [7, 11) is 0.923. The van der Waals surface area contributed by atoms with Crippen molar-refractivity contribution in [2.45, 2.75) is 55.9 Å². The van der Waals surface area contributed by atoms with E-state index < -0.39 is 10.8 Å². The SMILES string of the molecule is CN(C(=O)c1ccc([S@](C)=O)cc1)C1CCCCCCC1. The third kappa shape index (κ3) is 4.40. The predicted molar refractivity (Wildman–Crippen MR) is 87.0 cm³/mol. The molecule has 1 saturated carbocycles. The van der Waals surface area contributed by atoms with Gasteiger partial charge in [0.1, 0.15) is 0 Å². The molecule has 1 atom stereocenters. The maximum atomic E-state index is 12.6. The van der Waals surface area contributed by atoms with Crippen LogP contribution in [0.25, 0.3) is 0 Å². The zero-order valence-corrected chi connectivity index (χ0v) is 13.8. The van der Waals surface area contributed by atoms with Crippen molar-refractivity contribution >= 4 is 16.7 Å². The van der Waals surface area contributed by atoms with E-state index in [0.717, 1.165) is 17.7 Å². The highest BCUT2D eigenvalue weighted by Gasteiger charge is 2.21. The Hall–Kier alpha value is -1.16. The molecular weight excluding hydrogens is 282 g/mol. The predicted octanol–water partition coefficient (Wildman–Crippen LogP) is 3.61. The first-order valence-corrected chi connectivity index (χ1v) is 9.36. The van der Waals surface area contributed by atoms with E-state index >= 15 is 0 Å². The van der Waals surface area contributed by atoms with E-state index in [-0.39, 0.29) is 5.91 Å². The molecule has 0 bridgehead atoms. The lowest BCUT2D eigenvalue weighted by Crippen LogP contribution is -2.37. The molecule has 0 aliphatic heterocycles. The summed E-state index contributed by atoms with van der Waals surface area (Å²) < 4.78 is 11.4. The third-order valence-corrected chi connectivity index (χ3v) is 5.31. The van der Waals surface area contributed by atoms with Crippen molar-refractivity contribution in [1.82, 2.24) is 4.90 Å². The molecule has 0 spiro atoms. The van der Waals surface area contributed by atoms with Gasteiger partial charge in [-0.15, -0.1) is 0 Å². The van der Waals surface area contributed by atoms with Crippen LogP contribution in [-0.4, -0.2) is 34.4 Å². The molecule has 1 aliphatic rings. The number of carbonyl (C=O) groups excluding carboxylic acids is 1. The Morgan fingerprint density at radius 2 is 1.57 bits per heavy atom. The summed E-state index contributed by atoms with van der Waals surface area (Å²) in [6.45, 7) is 0. The second kappa shape index (κ2) is 7.74. The lowest BCUT2D eigenvalue weighted by atomic mass is 9.95. The molecular formula is C17H25NO2S. The van der Waals surface area contributed by atoms with Crippen LogP contribution >= 0.6 is 0 Å². The fourth-order valence-electron chi connectivity index (χ4n) is 2.98. The third-order valence-electron chi connectivity index (χ3n) is 4.38. The quantitative estimate of drug-likeness (QED) is 0.855. The second-order valence-corrected chi connectivity index (χ2v) is 7.27. The van der Waals surface area contributed by atoms with Gasteiger partial charge in [0.15, 0.2) is 0 Å². The van der Waals surface area contributed by atoms with Crippen LogP contribution in [0.1, 0.15) is 55.3 Å². The van der Waals surface area contributed by atoms with Crippen molar-refractivity contribution in [3.8, 4) is 0 Å². The highest BCUT2D eigenvalue weighted by Crippen LogP contribution is 2.22. The van der Waals surface area contributed by atoms with Gasteiger partial charge in [-0.3, -0.25) is 9.00 Å². The molecule has 1 amide bonds. The molecule has 0 saturated heterocycles. The molecule has 4 heteroatoms. The average Bonchev–Trinajstić information content (AvgIpc) is 2.45. The summed E-state index contributed by atoms with van der Waals surface area (Å²) in [5, 5.41) is 0. The van der Waals surface area contributed by atoms with Crippen LogP contribution in [0, 0.1) is 0 Å². The second-order valence-electron chi connectivity index (χ2n) is 5.89. The van der Waals surface area contributed by atoms with Crippen molar-refractivity contribution in [1.29, 1.82) is 0 Å². The molecule has 116 valence electrons. The first kappa shape index (κ1) is 16.2. The number of amides is 1. The van der Waals surface area contributed by atoms with Crippen LogP contribution in [0.15, 0.2) is 29.2 Å². The molecule has 21 heavy (non-hydrogen) atoms. The van der Waals surface area contributed by atoms with Gasteiger partial charge in [-0.05, 0) is 37.1 Å². The number of hydrogen-bond acceptors (Lipinski definition) is 2. The fraction of sp³-hybridized carbons (Fsp3) is 0.588. The van der Waals surface area contributed by atoms with Gasteiger partial charge in [0.25, 0.3) is 5.91 Å². The van der Waals surface area contributed by atoms with Crippen molar-refractivity contribution in [3.63, 3.8) is 0 Å². The smallest absolute Gasteiger partial charge is 0.253 e. The highest BCUT2D eigenvalue weighted by molar-refractivity contribution is 7.84. The minimum Gasteiger partial charge on any atom is -0.339 e. The lowest BCUT2D eigenvalue weighted by Gasteiger charge is -2.30. The first-order valence-electron chi connectivity index (χ1n) is 7.80. The maximum absolute atomic E-state index is 12.6. The Morgan fingerprint density at radius 1 is 1.05 bits per heavy atom. The molecule has 0 aromatic heterocycles. The summed E-state index contributed by atoms with van der Waals surface area (Å²) >= 11 is 0. The van der Waals surface area contributed by atoms with E-state index in [1.807, 2.05) is 11.9 Å². The zero-order valence-electron chi connectivity index (χ0n) is 13.0. The molecule has 1 aromatic carbocycles. The number of benzene rings is 1. The Balaban J connectivity index is 2.04. The van der Waals surface area contributed by atoms with Crippen LogP contribution in [0.3, 0.4) is 0 Å². The van der Waals surface area contributed by atoms with Crippen molar-refractivity contribution < 1.29 is 9.00 Å². The van der Waals surface area contributed by atoms with Crippen molar-refractivity contribution in [2.24, 2.45) is 0 Å². The standard InChI is InChI=1S/C17H25NO2S/c1-18(15-8-6-4-3-5-7-9-15)17(19)14-10-12-16(13-11-14)21(2)20/h10-13,15H,3-9H2,1-2H3/t21-/m0/s1. The van der Waals surface area contributed by atoms with E-state index in [1.54, 1.807) is 30.5 Å². The normalized spacial score (nSPS) is 18.6. The molecule has 0 unspecified atom stereocenters. The first-order chi connectivity index (χ1) is 10.1. The van der Waals surface area contributed by atoms with Crippen LogP contribution in [0.4, 0.5) is 0 Å². The van der Waals surface area contributed by atoms with E-state index in [0.29, 0.717) is 11.6 Å². The van der Waals surface area contributed by atoms with Gasteiger partial charge >= 0.3 is 0 Å². The lowest BCUT2D eigenvalue weighted by molar-refractivity contribution is 0.0706. The molecule has 3 nitrogen and oxygen atoms in total. The minimum absolute atomic E-state index is 0.0778. The van der Waals surface area contributed by atoms with Crippen molar-refractivity contribution in [2.75, 3.05) is 13.3 Å². The van der Waals surface area contributed by atoms with E-state index in [2.05, 4.69) is 0 Å². The van der Waals surface area contributed by atoms with Crippen LogP contribution in [-0.2, 0) is 10.8 Å². The molecule has 2 rings (SSSR count). The average molecular weight is 307 g/mol. The number of carbonyl (C=O) groups is 1. The van der Waals surface area contributed by atoms with Crippen LogP contribution < -0.4 is 0 Å². The number of rotatable bonds is 3. The van der Waals surface area contributed by atoms with Crippen LogP contribution in [0.2, 0.25) is 0 Å². The van der Waals surface area contributed by atoms with Crippen molar-refractivity contribution in [3.05, 3.63) is 29.8 Å². The Labute approximate surface area is 130 Å². The molecule has 1 aliphatic carbocycles. The van der Waals surface area contributed by atoms with E-state index in [4.69, 9.17) is 0 Å². The summed E-state index contributed by atoms with van der Waals surface area (Å²) in [4.78, 5) is 15.2. The van der Waals surface area contributed by atoms with E-state index in [1.165, 1.54) is 32.1 Å². The number of nitrogens with zero attached hydrogens (tertiary/aromatic N) is 1. The van der Waals surface area contributed by atoms with Crippen LogP contribution in [0.5, 0.6) is 0 Å². The summed E-state index contributed by atoms with van der Waals surface area (Å²) in [6, 6.07) is 7.51. The zero-order chi connectivity index (χ0) is 15.2. The largest absolute Gasteiger partial charge is 0.339 e. The van der Waals surface area contributed by atoms with Gasteiger partial charge in [-0.2, -0.15) is 0 Å². The molecule has 0 N–H and O–H groups in total. The van der Waals surface area contributed by atoms with Gasteiger partial charge < -0.3 is 4.90 Å². The van der Waals surface area contributed by atoms with Gasteiger partial charge in [0, 0.05) is 40.6 Å². The Bertz CT molecular complexity index is 490. The summed E-state index contributed by atoms with van der Waals surface area (Å²) in [5.74, 6) is 0.0778. The number of hydrogen-bond donors (Lipinski definition) is 0. The summed E-state index contributed by atoms with van der Waals surface area (Å²) in [6.07, 6.45) is 10.2. The van der Waals surface area contributed by atoms with Gasteiger partial charge in [0.2, 0.25) is 0 Å². The Morgan fingerprint density at radius 3 is 2.10 bits per heavy atom. The monoisotopic (exact) mass is 307 g/mol. The molecule has 1 aromatic rings. The van der Waals surface area contributed by atoms with E-state index in [9.17, 15) is 9.00 Å². The topological polar surface area (TPSA) is 37.4 Å². The Kier molecular flexibility index (Phi) is 5.97.